The standard InChI is InChI=1S/C13H19ClN2O/c1-10(2)15-8-7-13(17)16-9-11-5-3-4-6-12(11)14/h3-6,10,15H,7-9H2,1-2H3,(H,16,17). The molecule has 0 aliphatic carbocycles. The molecular weight excluding hydrogens is 236 g/mol. The van der Waals surface area contributed by atoms with Crippen molar-refractivity contribution >= 4 is 17.5 Å². The minimum Gasteiger partial charge on any atom is -0.352 e. The van der Waals surface area contributed by atoms with Gasteiger partial charge >= 0.3 is 0 Å². The number of nitrogens with one attached hydrogen (secondary N) is 2. The number of halogens is 1. The zero-order valence-electron chi connectivity index (χ0n) is 10.3. The highest BCUT2D eigenvalue weighted by Gasteiger charge is 2.03. The van der Waals surface area contributed by atoms with Crippen molar-refractivity contribution in [3.8, 4) is 0 Å². The highest BCUT2D eigenvalue weighted by Crippen LogP contribution is 2.14. The highest BCUT2D eigenvalue weighted by molar-refractivity contribution is 6.31. The van der Waals surface area contributed by atoms with Crippen LogP contribution in [-0.2, 0) is 11.3 Å². The molecule has 3 nitrogen and oxygen atoms in total. The van der Waals surface area contributed by atoms with Crippen molar-refractivity contribution in [3.05, 3.63) is 34.9 Å². The van der Waals surface area contributed by atoms with Gasteiger partial charge in [-0.25, -0.2) is 0 Å². The smallest absolute Gasteiger partial charge is 0.221 e. The first-order valence-electron chi connectivity index (χ1n) is 5.83. The lowest BCUT2D eigenvalue weighted by molar-refractivity contribution is -0.121. The molecular formula is C13H19ClN2O. The summed E-state index contributed by atoms with van der Waals surface area (Å²) in [4.78, 5) is 11.5. The van der Waals surface area contributed by atoms with E-state index in [1.807, 2.05) is 24.3 Å². The monoisotopic (exact) mass is 254 g/mol. The fourth-order valence-electron chi connectivity index (χ4n) is 1.40. The molecule has 1 aromatic carbocycles. The average molecular weight is 255 g/mol. The molecule has 1 amide bonds. The summed E-state index contributed by atoms with van der Waals surface area (Å²) in [6, 6.07) is 7.93. The van der Waals surface area contributed by atoms with Crippen molar-refractivity contribution in [2.24, 2.45) is 0 Å². The molecule has 0 heterocycles. The van der Waals surface area contributed by atoms with E-state index in [1.54, 1.807) is 0 Å². The predicted octanol–water partition coefficient (Wildman–Crippen LogP) is 2.34. The number of amides is 1. The van der Waals surface area contributed by atoms with E-state index >= 15 is 0 Å². The van der Waals surface area contributed by atoms with Gasteiger partial charge in [0.05, 0.1) is 0 Å². The molecule has 0 fully saturated rings. The van der Waals surface area contributed by atoms with E-state index < -0.39 is 0 Å². The van der Waals surface area contributed by atoms with E-state index in [2.05, 4.69) is 24.5 Å². The minimum absolute atomic E-state index is 0.0399. The van der Waals surface area contributed by atoms with E-state index in [-0.39, 0.29) is 5.91 Å². The van der Waals surface area contributed by atoms with E-state index in [0.29, 0.717) is 30.6 Å². The van der Waals surface area contributed by atoms with Crippen LogP contribution < -0.4 is 10.6 Å². The van der Waals surface area contributed by atoms with Gasteiger partial charge in [-0.1, -0.05) is 43.6 Å². The fraction of sp³-hybridized carbons (Fsp3) is 0.462. The fourth-order valence-corrected chi connectivity index (χ4v) is 1.60. The molecule has 17 heavy (non-hydrogen) atoms. The van der Waals surface area contributed by atoms with Gasteiger partial charge in [0.15, 0.2) is 0 Å². The summed E-state index contributed by atoms with van der Waals surface area (Å²) in [6.07, 6.45) is 0.489. The third kappa shape index (κ3) is 5.71. The third-order valence-electron chi connectivity index (χ3n) is 2.34. The Morgan fingerprint density at radius 1 is 1.35 bits per heavy atom. The average Bonchev–Trinajstić information content (AvgIpc) is 2.27. The number of benzene rings is 1. The lowest BCUT2D eigenvalue weighted by Gasteiger charge is -2.09. The van der Waals surface area contributed by atoms with Crippen LogP contribution in [-0.4, -0.2) is 18.5 Å². The van der Waals surface area contributed by atoms with Crippen molar-refractivity contribution in [1.29, 1.82) is 0 Å². The normalized spacial score (nSPS) is 10.6. The van der Waals surface area contributed by atoms with Gasteiger partial charge in [-0.05, 0) is 11.6 Å². The van der Waals surface area contributed by atoms with Gasteiger partial charge in [-0.2, -0.15) is 0 Å². The summed E-state index contributed by atoms with van der Waals surface area (Å²) in [5, 5.41) is 6.74. The molecule has 1 aromatic rings. The van der Waals surface area contributed by atoms with Crippen LogP contribution in [0.25, 0.3) is 0 Å². The van der Waals surface area contributed by atoms with Gasteiger partial charge in [0, 0.05) is 30.6 Å². The Labute approximate surface area is 108 Å². The molecule has 2 N–H and O–H groups in total. The Balaban J connectivity index is 2.26. The van der Waals surface area contributed by atoms with Gasteiger partial charge < -0.3 is 10.6 Å². The second kappa shape index (κ2) is 7.30. The molecule has 0 radical (unpaired) electrons. The van der Waals surface area contributed by atoms with E-state index in [9.17, 15) is 4.79 Å². The second-order valence-corrected chi connectivity index (χ2v) is 4.63. The second-order valence-electron chi connectivity index (χ2n) is 4.23. The summed E-state index contributed by atoms with van der Waals surface area (Å²) < 4.78 is 0. The lowest BCUT2D eigenvalue weighted by Crippen LogP contribution is -2.30. The zero-order chi connectivity index (χ0) is 12.7. The molecule has 0 saturated carbocycles. The zero-order valence-corrected chi connectivity index (χ0v) is 11.1. The van der Waals surface area contributed by atoms with Crippen LogP contribution in [0.4, 0.5) is 0 Å². The molecule has 0 aliphatic heterocycles. The molecule has 0 aliphatic rings. The first kappa shape index (κ1) is 14.0. The summed E-state index contributed by atoms with van der Waals surface area (Å²) in [5.74, 6) is 0.0399. The maximum absolute atomic E-state index is 11.5. The van der Waals surface area contributed by atoms with Crippen LogP contribution >= 0.6 is 11.6 Å². The van der Waals surface area contributed by atoms with Crippen molar-refractivity contribution < 1.29 is 4.79 Å². The van der Waals surface area contributed by atoms with Gasteiger partial charge in [0.2, 0.25) is 5.91 Å². The van der Waals surface area contributed by atoms with Gasteiger partial charge in [-0.15, -0.1) is 0 Å². The molecule has 94 valence electrons. The number of hydrogen-bond donors (Lipinski definition) is 2. The van der Waals surface area contributed by atoms with Crippen LogP contribution in [0.3, 0.4) is 0 Å². The van der Waals surface area contributed by atoms with Crippen molar-refractivity contribution in [3.63, 3.8) is 0 Å². The molecule has 0 aromatic heterocycles. The molecule has 0 atom stereocenters. The first-order valence-corrected chi connectivity index (χ1v) is 6.21. The Kier molecular flexibility index (Phi) is 6.01. The highest BCUT2D eigenvalue weighted by atomic mass is 35.5. The van der Waals surface area contributed by atoms with Crippen molar-refractivity contribution in [2.45, 2.75) is 32.9 Å². The van der Waals surface area contributed by atoms with E-state index in [4.69, 9.17) is 11.6 Å². The Hall–Kier alpha value is -1.06. The van der Waals surface area contributed by atoms with Crippen LogP contribution in [0.15, 0.2) is 24.3 Å². The van der Waals surface area contributed by atoms with Gasteiger partial charge in [0.1, 0.15) is 0 Å². The molecule has 0 bridgehead atoms. The first-order chi connectivity index (χ1) is 8.09. The molecule has 0 unspecified atom stereocenters. The van der Waals surface area contributed by atoms with Crippen LogP contribution in [0, 0.1) is 0 Å². The maximum atomic E-state index is 11.5. The van der Waals surface area contributed by atoms with Gasteiger partial charge in [0.25, 0.3) is 0 Å². The largest absolute Gasteiger partial charge is 0.352 e. The molecule has 0 saturated heterocycles. The van der Waals surface area contributed by atoms with Crippen LogP contribution in [0.2, 0.25) is 5.02 Å². The van der Waals surface area contributed by atoms with Crippen LogP contribution in [0.5, 0.6) is 0 Å². The van der Waals surface area contributed by atoms with E-state index in [0.717, 1.165) is 5.56 Å². The summed E-state index contributed by atoms with van der Waals surface area (Å²) in [6.45, 7) is 5.30. The quantitative estimate of drug-likeness (QED) is 0.818. The molecule has 1 rings (SSSR count). The Morgan fingerprint density at radius 3 is 2.71 bits per heavy atom. The third-order valence-corrected chi connectivity index (χ3v) is 2.71. The van der Waals surface area contributed by atoms with Crippen LogP contribution in [0.1, 0.15) is 25.8 Å². The summed E-state index contributed by atoms with van der Waals surface area (Å²) in [7, 11) is 0. The van der Waals surface area contributed by atoms with Crippen molar-refractivity contribution in [2.75, 3.05) is 6.54 Å². The topological polar surface area (TPSA) is 41.1 Å². The summed E-state index contributed by atoms with van der Waals surface area (Å²) >= 11 is 5.99. The SMILES string of the molecule is CC(C)NCCC(=O)NCc1ccccc1Cl. The number of carbonyl (C=O) groups excluding carboxylic acids is 1. The lowest BCUT2D eigenvalue weighted by atomic mass is 10.2. The minimum atomic E-state index is 0.0399. The molecule has 4 heteroatoms. The Morgan fingerprint density at radius 2 is 2.06 bits per heavy atom. The Bertz CT molecular complexity index is 366. The maximum Gasteiger partial charge on any atom is 0.221 e. The number of rotatable bonds is 6. The number of carbonyl (C=O) groups is 1. The molecule has 0 spiro atoms. The van der Waals surface area contributed by atoms with E-state index in [1.165, 1.54) is 0 Å². The number of hydrogen-bond acceptors (Lipinski definition) is 2. The van der Waals surface area contributed by atoms with Crippen molar-refractivity contribution in [1.82, 2.24) is 10.6 Å². The van der Waals surface area contributed by atoms with Gasteiger partial charge in [-0.3, -0.25) is 4.79 Å². The summed E-state index contributed by atoms with van der Waals surface area (Å²) in [5.41, 5.74) is 0.944. The predicted molar refractivity (Wildman–Crippen MR) is 71.1 cm³/mol.